The SMILES string of the molecule is CCC(C)[C@@H](c1ccc(F)c(OC)c1)N1CCNCC1. The molecule has 0 saturated carbocycles. The van der Waals surface area contributed by atoms with Gasteiger partial charge in [-0.25, -0.2) is 4.39 Å². The molecule has 2 atom stereocenters. The summed E-state index contributed by atoms with van der Waals surface area (Å²) in [4.78, 5) is 2.50. The van der Waals surface area contributed by atoms with Gasteiger partial charge in [0.2, 0.25) is 0 Å². The van der Waals surface area contributed by atoms with Crippen molar-refractivity contribution >= 4 is 0 Å². The first-order chi connectivity index (χ1) is 9.67. The summed E-state index contributed by atoms with van der Waals surface area (Å²) in [7, 11) is 1.52. The largest absolute Gasteiger partial charge is 0.494 e. The highest BCUT2D eigenvalue weighted by atomic mass is 19.1. The number of nitrogens with zero attached hydrogens (tertiary/aromatic N) is 1. The molecule has 1 heterocycles. The van der Waals surface area contributed by atoms with E-state index in [4.69, 9.17) is 4.74 Å². The van der Waals surface area contributed by atoms with Gasteiger partial charge in [-0.05, 0) is 23.6 Å². The second kappa shape index (κ2) is 7.04. The molecule has 1 aliphatic rings. The standard InChI is InChI=1S/C16H25FN2O/c1-4-12(2)16(19-9-7-18-8-10-19)13-5-6-14(17)15(11-13)20-3/h5-6,11-12,16,18H,4,7-10H2,1-3H3/t12?,16-/m0/s1. The zero-order valence-electron chi connectivity index (χ0n) is 12.7. The third-order valence-corrected chi connectivity index (χ3v) is 4.24. The summed E-state index contributed by atoms with van der Waals surface area (Å²) in [6.45, 7) is 8.59. The van der Waals surface area contributed by atoms with Gasteiger partial charge in [0.1, 0.15) is 0 Å². The molecule has 0 aliphatic carbocycles. The van der Waals surface area contributed by atoms with E-state index in [1.165, 1.54) is 13.2 Å². The predicted molar refractivity (Wildman–Crippen MR) is 79.6 cm³/mol. The average molecular weight is 280 g/mol. The Morgan fingerprint density at radius 1 is 1.35 bits per heavy atom. The molecule has 0 bridgehead atoms. The highest BCUT2D eigenvalue weighted by molar-refractivity contribution is 5.32. The zero-order valence-corrected chi connectivity index (χ0v) is 12.7. The maximum absolute atomic E-state index is 13.6. The Hall–Kier alpha value is -1.13. The smallest absolute Gasteiger partial charge is 0.165 e. The topological polar surface area (TPSA) is 24.5 Å². The van der Waals surface area contributed by atoms with E-state index in [1.54, 1.807) is 0 Å². The lowest BCUT2D eigenvalue weighted by atomic mass is 9.90. The van der Waals surface area contributed by atoms with Crippen LogP contribution in [-0.4, -0.2) is 38.2 Å². The van der Waals surface area contributed by atoms with Crippen LogP contribution in [0.1, 0.15) is 31.9 Å². The minimum Gasteiger partial charge on any atom is -0.494 e. The van der Waals surface area contributed by atoms with E-state index in [1.807, 2.05) is 12.1 Å². The van der Waals surface area contributed by atoms with Gasteiger partial charge in [-0.3, -0.25) is 4.90 Å². The fraction of sp³-hybridized carbons (Fsp3) is 0.625. The van der Waals surface area contributed by atoms with Crippen LogP contribution >= 0.6 is 0 Å². The van der Waals surface area contributed by atoms with Crippen molar-refractivity contribution in [2.45, 2.75) is 26.3 Å². The van der Waals surface area contributed by atoms with Crippen molar-refractivity contribution in [1.82, 2.24) is 10.2 Å². The molecule has 2 rings (SSSR count). The van der Waals surface area contributed by atoms with Gasteiger partial charge in [-0.15, -0.1) is 0 Å². The maximum Gasteiger partial charge on any atom is 0.165 e. The summed E-state index contributed by atoms with van der Waals surface area (Å²) in [5.41, 5.74) is 1.15. The number of benzene rings is 1. The van der Waals surface area contributed by atoms with Crippen LogP contribution in [0.2, 0.25) is 0 Å². The van der Waals surface area contributed by atoms with Crippen LogP contribution in [0.15, 0.2) is 18.2 Å². The van der Waals surface area contributed by atoms with E-state index in [0.29, 0.717) is 17.7 Å². The van der Waals surface area contributed by atoms with Crippen LogP contribution in [0.25, 0.3) is 0 Å². The summed E-state index contributed by atoms with van der Waals surface area (Å²) in [5.74, 6) is 0.577. The molecule has 1 saturated heterocycles. The monoisotopic (exact) mass is 280 g/mol. The molecular formula is C16H25FN2O. The van der Waals surface area contributed by atoms with Crippen molar-refractivity contribution < 1.29 is 9.13 Å². The van der Waals surface area contributed by atoms with Crippen molar-refractivity contribution in [3.05, 3.63) is 29.6 Å². The van der Waals surface area contributed by atoms with Gasteiger partial charge in [0, 0.05) is 32.2 Å². The van der Waals surface area contributed by atoms with Crippen LogP contribution in [0.5, 0.6) is 5.75 Å². The molecule has 112 valence electrons. The Kier molecular flexibility index (Phi) is 5.38. The number of halogens is 1. The molecule has 0 aromatic heterocycles. The molecule has 1 aliphatic heterocycles. The lowest BCUT2D eigenvalue weighted by molar-refractivity contribution is 0.128. The third-order valence-electron chi connectivity index (χ3n) is 4.24. The highest BCUT2D eigenvalue weighted by Gasteiger charge is 2.27. The van der Waals surface area contributed by atoms with Crippen LogP contribution in [0.4, 0.5) is 4.39 Å². The third kappa shape index (κ3) is 3.30. The zero-order chi connectivity index (χ0) is 14.5. The Morgan fingerprint density at radius 2 is 2.05 bits per heavy atom. The molecular weight excluding hydrogens is 255 g/mol. The fourth-order valence-corrected chi connectivity index (χ4v) is 2.94. The second-order valence-electron chi connectivity index (χ2n) is 5.51. The summed E-state index contributed by atoms with van der Waals surface area (Å²) in [6, 6.07) is 5.60. The highest BCUT2D eigenvalue weighted by Crippen LogP contribution is 2.33. The molecule has 0 radical (unpaired) electrons. The van der Waals surface area contributed by atoms with Crippen LogP contribution < -0.4 is 10.1 Å². The van der Waals surface area contributed by atoms with E-state index in [0.717, 1.165) is 38.2 Å². The molecule has 20 heavy (non-hydrogen) atoms. The van der Waals surface area contributed by atoms with Crippen LogP contribution in [-0.2, 0) is 0 Å². The number of ether oxygens (including phenoxy) is 1. The van der Waals surface area contributed by atoms with E-state index in [-0.39, 0.29) is 5.82 Å². The molecule has 1 fully saturated rings. The lowest BCUT2D eigenvalue weighted by Gasteiger charge is -2.38. The number of hydrogen-bond donors (Lipinski definition) is 1. The van der Waals surface area contributed by atoms with Gasteiger partial charge in [0.15, 0.2) is 11.6 Å². The summed E-state index contributed by atoms with van der Waals surface area (Å²) >= 11 is 0. The number of nitrogens with one attached hydrogen (secondary N) is 1. The number of hydrogen-bond acceptors (Lipinski definition) is 3. The first-order valence-corrected chi connectivity index (χ1v) is 7.45. The molecule has 1 aromatic carbocycles. The minimum atomic E-state index is -0.292. The molecule has 1 aromatic rings. The van der Waals surface area contributed by atoms with Gasteiger partial charge in [-0.2, -0.15) is 0 Å². The average Bonchev–Trinajstić information content (AvgIpc) is 2.50. The fourth-order valence-electron chi connectivity index (χ4n) is 2.94. The van der Waals surface area contributed by atoms with Gasteiger partial charge in [0.25, 0.3) is 0 Å². The molecule has 4 heteroatoms. The maximum atomic E-state index is 13.6. The van der Waals surface area contributed by atoms with Gasteiger partial charge >= 0.3 is 0 Å². The second-order valence-corrected chi connectivity index (χ2v) is 5.51. The Balaban J connectivity index is 2.30. The van der Waals surface area contributed by atoms with E-state index >= 15 is 0 Å². The molecule has 1 N–H and O–H groups in total. The van der Waals surface area contributed by atoms with Gasteiger partial charge in [-0.1, -0.05) is 26.3 Å². The van der Waals surface area contributed by atoms with Crippen molar-refractivity contribution in [3.8, 4) is 5.75 Å². The number of piperazine rings is 1. The van der Waals surface area contributed by atoms with Crippen LogP contribution in [0.3, 0.4) is 0 Å². The summed E-state index contributed by atoms with van der Waals surface area (Å²) in [5, 5.41) is 3.38. The normalized spacial score (nSPS) is 19.6. The van der Waals surface area contributed by atoms with Gasteiger partial charge < -0.3 is 10.1 Å². The molecule has 0 spiro atoms. The Morgan fingerprint density at radius 3 is 2.65 bits per heavy atom. The van der Waals surface area contributed by atoms with E-state index < -0.39 is 0 Å². The lowest BCUT2D eigenvalue weighted by Crippen LogP contribution is -2.46. The summed E-state index contributed by atoms with van der Waals surface area (Å²) < 4.78 is 18.7. The van der Waals surface area contributed by atoms with Crippen molar-refractivity contribution in [2.24, 2.45) is 5.92 Å². The Labute approximate surface area is 121 Å². The first kappa shape index (κ1) is 15.3. The molecule has 0 amide bonds. The van der Waals surface area contributed by atoms with E-state index in [9.17, 15) is 4.39 Å². The molecule has 1 unspecified atom stereocenters. The Bertz CT molecular complexity index is 432. The van der Waals surface area contributed by atoms with Gasteiger partial charge in [0.05, 0.1) is 7.11 Å². The predicted octanol–water partition coefficient (Wildman–Crippen LogP) is 2.83. The van der Waals surface area contributed by atoms with Crippen molar-refractivity contribution in [2.75, 3.05) is 33.3 Å². The number of methoxy groups -OCH3 is 1. The number of rotatable bonds is 5. The van der Waals surface area contributed by atoms with E-state index in [2.05, 4.69) is 24.1 Å². The minimum absolute atomic E-state index is 0.292. The van der Waals surface area contributed by atoms with Crippen molar-refractivity contribution in [1.29, 1.82) is 0 Å². The van der Waals surface area contributed by atoms with Crippen molar-refractivity contribution in [3.63, 3.8) is 0 Å². The van der Waals surface area contributed by atoms with Crippen LogP contribution in [0, 0.1) is 11.7 Å². The summed E-state index contributed by atoms with van der Waals surface area (Å²) in [6.07, 6.45) is 1.11. The first-order valence-electron chi connectivity index (χ1n) is 7.45. The molecule has 3 nitrogen and oxygen atoms in total. The quantitative estimate of drug-likeness (QED) is 0.897.